The molecule has 0 aliphatic heterocycles. The van der Waals surface area contributed by atoms with E-state index in [4.69, 9.17) is 4.98 Å². The summed E-state index contributed by atoms with van der Waals surface area (Å²) in [4.78, 5) is 4.98. The van der Waals surface area contributed by atoms with Crippen molar-refractivity contribution in [1.29, 1.82) is 0 Å². The van der Waals surface area contributed by atoms with Gasteiger partial charge in [0.1, 0.15) is 5.01 Å². The van der Waals surface area contributed by atoms with Crippen molar-refractivity contribution in [2.24, 2.45) is 0 Å². The molecule has 0 saturated carbocycles. The lowest BCUT2D eigenvalue weighted by Gasteiger charge is -2.13. The van der Waals surface area contributed by atoms with E-state index in [-0.39, 0.29) is 0 Å². The average molecular weight is 378 g/mol. The van der Waals surface area contributed by atoms with Crippen LogP contribution in [0.4, 0.5) is 0 Å². The van der Waals surface area contributed by atoms with Crippen LogP contribution >= 0.6 is 11.3 Å². The van der Waals surface area contributed by atoms with E-state index in [0.29, 0.717) is 0 Å². The van der Waals surface area contributed by atoms with Crippen LogP contribution in [0.5, 0.6) is 0 Å². The molecule has 0 spiro atoms. The molecule has 1 nitrogen and oxygen atoms in total. The third kappa shape index (κ3) is 2.92. The second-order valence-corrected chi connectivity index (χ2v) is 7.92. The van der Waals surface area contributed by atoms with E-state index >= 15 is 0 Å². The van der Waals surface area contributed by atoms with Crippen molar-refractivity contribution in [3.63, 3.8) is 0 Å². The first kappa shape index (κ1) is 16.9. The van der Waals surface area contributed by atoms with Crippen molar-refractivity contribution in [2.45, 2.75) is 6.42 Å². The molecule has 1 heterocycles. The maximum atomic E-state index is 4.98. The van der Waals surface area contributed by atoms with E-state index in [9.17, 15) is 0 Å². The molecule has 0 atom stereocenters. The van der Waals surface area contributed by atoms with E-state index in [2.05, 4.69) is 91.5 Å². The summed E-state index contributed by atoms with van der Waals surface area (Å²) in [6.07, 6.45) is 2.80. The molecule has 5 rings (SSSR count). The van der Waals surface area contributed by atoms with Crippen molar-refractivity contribution >= 4 is 38.4 Å². The highest BCUT2D eigenvalue weighted by molar-refractivity contribution is 7.21. The van der Waals surface area contributed by atoms with Crippen molar-refractivity contribution < 1.29 is 0 Å². The van der Waals surface area contributed by atoms with Gasteiger partial charge in [-0.3, -0.25) is 0 Å². The van der Waals surface area contributed by atoms with Gasteiger partial charge in [0.2, 0.25) is 0 Å². The third-order valence-electron chi connectivity index (χ3n) is 5.18. The summed E-state index contributed by atoms with van der Waals surface area (Å²) < 4.78 is 1.22. The molecule has 0 saturated heterocycles. The van der Waals surface area contributed by atoms with Gasteiger partial charge in [0.05, 0.1) is 10.2 Å². The lowest BCUT2D eigenvalue weighted by atomic mass is 9.93. The zero-order valence-electron chi connectivity index (χ0n) is 15.4. The highest BCUT2D eigenvalue weighted by atomic mass is 32.1. The maximum Gasteiger partial charge on any atom is 0.125 e. The molecule has 2 heteroatoms. The van der Waals surface area contributed by atoms with Gasteiger partial charge in [0, 0.05) is 5.56 Å². The van der Waals surface area contributed by atoms with Gasteiger partial charge in [-0.2, -0.15) is 0 Å². The second-order valence-electron chi connectivity index (χ2n) is 6.89. The number of nitrogens with zero attached hydrogens (tertiary/aromatic N) is 1. The number of thiazole rings is 1. The van der Waals surface area contributed by atoms with Crippen LogP contribution in [0.3, 0.4) is 0 Å². The molecule has 0 aliphatic carbocycles. The number of hydrogen-bond acceptors (Lipinski definition) is 2. The Morgan fingerprint density at radius 1 is 0.786 bits per heavy atom. The molecule has 0 aliphatic rings. The smallest absolute Gasteiger partial charge is 0.125 e. The molecule has 0 unspecified atom stereocenters. The molecule has 28 heavy (non-hydrogen) atoms. The fourth-order valence-electron chi connectivity index (χ4n) is 3.80. The molecular weight excluding hydrogens is 358 g/mol. The average Bonchev–Trinajstić information content (AvgIpc) is 3.17. The zero-order chi connectivity index (χ0) is 18.9. The minimum atomic E-state index is 0.859. The van der Waals surface area contributed by atoms with Gasteiger partial charge in [0.25, 0.3) is 0 Å². The van der Waals surface area contributed by atoms with Crippen LogP contribution in [0, 0.1) is 0 Å². The first-order chi connectivity index (χ1) is 13.8. The van der Waals surface area contributed by atoms with Crippen LogP contribution in [-0.2, 0) is 6.42 Å². The van der Waals surface area contributed by atoms with Crippen LogP contribution in [0.15, 0.2) is 91.5 Å². The highest BCUT2D eigenvalue weighted by Gasteiger charge is 2.15. The number of rotatable bonds is 4. The summed E-state index contributed by atoms with van der Waals surface area (Å²) in [5.41, 5.74) is 6.08. The van der Waals surface area contributed by atoms with Crippen LogP contribution in [-0.4, -0.2) is 4.98 Å². The van der Waals surface area contributed by atoms with Crippen molar-refractivity contribution in [1.82, 2.24) is 4.98 Å². The van der Waals surface area contributed by atoms with Gasteiger partial charge < -0.3 is 0 Å². The number of hydrogen-bond donors (Lipinski definition) is 0. The molecule has 4 aromatic carbocycles. The van der Waals surface area contributed by atoms with E-state index in [0.717, 1.165) is 16.9 Å². The number of aromatic nitrogens is 1. The van der Waals surface area contributed by atoms with E-state index < -0.39 is 0 Å². The Morgan fingerprint density at radius 3 is 2.46 bits per heavy atom. The summed E-state index contributed by atoms with van der Waals surface area (Å²) >= 11 is 1.77. The van der Waals surface area contributed by atoms with Crippen LogP contribution in [0.25, 0.3) is 37.6 Å². The van der Waals surface area contributed by atoms with Crippen molar-refractivity contribution in [3.8, 4) is 10.6 Å². The monoisotopic (exact) mass is 377 g/mol. The summed E-state index contributed by atoms with van der Waals surface area (Å²) in [6.45, 7) is 3.98. The minimum Gasteiger partial charge on any atom is -0.236 e. The summed E-state index contributed by atoms with van der Waals surface area (Å²) in [6, 6.07) is 29.9. The third-order valence-corrected chi connectivity index (χ3v) is 6.23. The largest absolute Gasteiger partial charge is 0.236 e. The molecule has 0 N–H and O–H groups in total. The van der Waals surface area contributed by atoms with Crippen LogP contribution < -0.4 is 0 Å². The Hall–Kier alpha value is -3.23. The predicted molar refractivity (Wildman–Crippen MR) is 122 cm³/mol. The molecule has 5 aromatic rings. The van der Waals surface area contributed by atoms with Crippen LogP contribution in [0.2, 0.25) is 0 Å². The van der Waals surface area contributed by atoms with Gasteiger partial charge in [-0.25, -0.2) is 4.98 Å². The zero-order valence-corrected chi connectivity index (χ0v) is 16.2. The normalized spacial score (nSPS) is 11.1. The van der Waals surface area contributed by atoms with Gasteiger partial charge in [0.15, 0.2) is 0 Å². The van der Waals surface area contributed by atoms with E-state index in [1.165, 1.54) is 37.7 Å². The standard InChI is InChI=1S/C26H19NS/c1-2-18-9-3-4-11-20(18)17-21-16-15-19-10-5-6-12-22(19)25(21)26-27-23-13-7-8-14-24(23)28-26/h2-16H,1,17H2. The Kier molecular flexibility index (Phi) is 4.27. The molecule has 1 aromatic heterocycles. The van der Waals surface area contributed by atoms with Crippen LogP contribution in [0.1, 0.15) is 16.7 Å². The molecule has 0 bridgehead atoms. The molecular formula is C26H19NS. The first-order valence-corrected chi connectivity index (χ1v) is 10.2. The minimum absolute atomic E-state index is 0.859. The Bertz CT molecular complexity index is 1280. The molecule has 0 radical (unpaired) electrons. The molecule has 134 valence electrons. The molecule has 0 fully saturated rings. The predicted octanol–water partition coefficient (Wildman–Crippen LogP) is 7.35. The van der Waals surface area contributed by atoms with Crippen molar-refractivity contribution in [2.75, 3.05) is 0 Å². The topological polar surface area (TPSA) is 12.9 Å². The Labute approximate surface area is 168 Å². The van der Waals surface area contributed by atoms with Gasteiger partial charge in [-0.1, -0.05) is 85.5 Å². The summed E-state index contributed by atoms with van der Waals surface area (Å²) in [5.74, 6) is 0. The first-order valence-electron chi connectivity index (χ1n) is 9.40. The van der Waals surface area contributed by atoms with Gasteiger partial charge in [-0.05, 0) is 46.0 Å². The second kappa shape index (κ2) is 7.06. The van der Waals surface area contributed by atoms with Gasteiger partial charge >= 0.3 is 0 Å². The number of benzene rings is 4. The lowest BCUT2D eigenvalue weighted by molar-refractivity contribution is 1.19. The highest BCUT2D eigenvalue weighted by Crippen LogP contribution is 2.38. The van der Waals surface area contributed by atoms with E-state index in [1.807, 2.05) is 6.08 Å². The fourth-order valence-corrected chi connectivity index (χ4v) is 4.86. The summed E-state index contributed by atoms with van der Waals surface area (Å²) in [5, 5.41) is 3.59. The number of fused-ring (bicyclic) bond motifs is 2. The SMILES string of the molecule is C=Cc1ccccc1Cc1ccc2ccccc2c1-c1nc2ccccc2s1. The fraction of sp³-hybridized carbons (Fsp3) is 0.0385. The Morgan fingerprint density at radius 2 is 1.57 bits per heavy atom. The summed E-state index contributed by atoms with van der Waals surface area (Å²) in [7, 11) is 0. The van der Waals surface area contributed by atoms with Gasteiger partial charge in [-0.15, -0.1) is 11.3 Å². The number of para-hydroxylation sites is 1. The maximum absolute atomic E-state index is 4.98. The molecule has 0 amide bonds. The quantitative estimate of drug-likeness (QED) is 0.319. The van der Waals surface area contributed by atoms with E-state index in [1.54, 1.807) is 11.3 Å². The lowest BCUT2D eigenvalue weighted by Crippen LogP contribution is -1.96. The van der Waals surface area contributed by atoms with Crippen molar-refractivity contribution in [3.05, 3.63) is 108 Å². The Balaban J connectivity index is 1.75.